The number of carboxylic acids is 1. The van der Waals surface area contributed by atoms with Gasteiger partial charge in [-0.15, -0.1) is 0 Å². The molecule has 3 nitrogen and oxygen atoms in total. The van der Waals surface area contributed by atoms with Crippen molar-refractivity contribution in [3.05, 3.63) is 0 Å². The molecule has 0 spiro atoms. The molecule has 0 aromatic carbocycles. The largest absolute Gasteiger partial charge is 0.481 e. The average Bonchev–Trinajstić information content (AvgIpc) is 2.77. The number of aliphatic carboxylic acids is 1. The molecule has 1 aliphatic carbocycles. The highest BCUT2D eigenvalue weighted by molar-refractivity contribution is 5.71. The second-order valence-corrected chi connectivity index (χ2v) is 6.30. The highest BCUT2D eigenvalue weighted by Crippen LogP contribution is 2.32. The maximum Gasteiger partial charge on any atom is 0.308 e. The molecule has 2 fully saturated rings. The molecule has 1 saturated carbocycles. The number of likely N-dealkylation sites (tertiary alicyclic amines) is 1. The van der Waals surface area contributed by atoms with Crippen molar-refractivity contribution in [3.63, 3.8) is 0 Å². The maximum atomic E-state index is 11.6. The van der Waals surface area contributed by atoms with Crippen LogP contribution in [0.4, 0.5) is 0 Å². The van der Waals surface area contributed by atoms with Crippen molar-refractivity contribution in [3.8, 4) is 0 Å². The molecule has 19 heavy (non-hydrogen) atoms. The van der Waals surface area contributed by atoms with Crippen molar-refractivity contribution < 1.29 is 9.90 Å². The normalized spacial score (nSPS) is 34.5. The molecule has 110 valence electrons. The molecule has 0 aromatic rings. The third-order valence-electron chi connectivity index (χ3n) is 5.12. The van der Waals surface area contributed by atoms with Gasteiger partial charge in [0, 0.05) is 12.1 Å². The van der Waals surface area contributed by atoms with Crippen LogP contribution in [0.3, 0.4) is 0 Å². The van der Waals surface area contributed by atoms with Gasteiger partial charge in [-0.2, -0.15) is 0 Å². The van der Waals surface area contributed by atoms with Gasteiger partial charge in [0.15, 0.2) is 0 Å². The Labute approximate surface area is 117 Å². The van der Waals surface area contributed by atoms with Gasteiger partial charge < -0.3 is 5.11 Å². The number of carboxylic acid groups (broad SMARTS) is 1. The van der Waals surface area contributed by atoms with E-state index in [1.807, 2.05) is 0 Å². The highest BCUT2D eigenvalue weighted by Gasteiger charge is 2.36. The summed E-state index contributed by atoms with van der Waals surface area (Å²) in [4.78, 5) is 14.2. The molecule has 1 aliphatic heterocycles. The molecule has 1 saturated heterocycles. The van der Waals surface area contributed by atoms with E-state index in [4.69, 9.17) is 0 Å². The lowest BCUT2D eigenvalue weighted by molar-refractivity contribution is -0.145. The summed E-state index contributed by atoms with van der Waals surface area (Å²) in [6.07, 6.45) is 11.8. The predicted octanol–water partition coefficient (Wildman–Crippen LogP) is 3.67. The minimum atomic E-state index is -0.564. The third-order valence-corrected chi connectivity index (χ3v) is 5.12. The van der Waals surface area contributed by atoms with Gasteiger partial charge in [0.2, 0.25) is 0 Å². The number of nitrogens with zero attached hydrogens (tertiary/aromatic N) is 1. The zero-order valence-electron chi connectivity index (χ0n) is 12.3. The summed E-state index contributed by atoms with van der Waals surface area (Å²) in [5.74, 6) is -0.694. The molecule has 0 amide bonds. The highest BCUT2D eigenvalue weighted by atomic mass is 16.4. The van der Waals surface area contributed by atoms with Crippen LogP contribution in [0.2, 0.25) is 0 Å². The second kappa shape index (κ2) is 7.28. The Kier molecular flexibility index (Phi) is 5.68. The lowest BCUT2D eigenvalue weighted by atomic mass is 9.91. The smallest absolute Gasteiger partial charge is 0.308 e. The zero-order valence-corrected chi connectivity index (χ0v) is 12.3. The van der Waals surface area contributed by atoms with Crippen molar-refractivity contribution in [2.24, 2.45) is 5.92 Å². The molecule has 0 radical (unpaired) electrons. The van der Waals surface area contributed by atoms with E-state index in [2.05, 4.69) is 11.8 Å². The Hall–Kier alpha value is -0.570. The summed E-state index contributed by atoms with van der Waals surface area (Å²) in [6, 6.07) is 0.912. The lowest BCUT2D eigenvalue weighted by Gasteiger charge is -2.39. The summed E-state index contributed by atoms with van der Waals surface area (Å²) >= 11 is 0. The zero-order chi connectivity index (χ0) is 13.7. The molecular weight excluding hydrogens is 238 g/mol. The summed E-state index contributed by atoms with van der Waals surface area (Å²) in [5.41, 5.74) is 0. The van der Waals surface area contributed by atoms with Gasteiger partial charge in [0.1, 0.15) is 0 Å². The number of hydrogen-bond acceptors (Lipinski definition) is 2. The fourth-order valence-electron chi connectivity index (χ4n) is 4.05. The van der Waals surface area contributed by atoms with E-state index in [1.165, 1.54) is 44.9 Å². The van der Waals surface area contributed by atoms with Crippen LogP contribution in [-0.2, 0) is 4.79 Å². The first-order chi connectivity index (χ1) is 9.24. The molecule has 1 heterocycles. The molecule has 3 heteroatoms. The Morgan fingerprint density at radius 1 is 1.05 bits per heavy atom. The molecule has 3 atom stereocenters. The van der Waals surface area contributed by atoms with Crippen molar-refractivity contribution in [2.75, 3.05) is 6.54 Å². The molecule has 0 aromatic heterocycles. The van der Waals surface area contributed by atoms with Gasteiger partial charge in [-0.3, -0.25) is 9.69 Å². The molecule has 2 aliphatic rings. The van der Waals surface area contributed by atoms with E-state index in [-0.39, 0.29) is 5.92 Å². The number of carbonyl (C=O) groups is 1. The number of rotatable bonds is 3. The fraction of sp³-hybridized carbons (Fsp3) is 0.938. The standard InChI is InChI=1S/C16H29NO2/c1-2-13-9-5-4-8-12-17(13)15-11-7-3-6-10-14(15)16(18)19/h13-15H,2-12H2,1H3,(H,18,19). The molecule has 1 N–H and O–H groups in total. The van der Waals surface area contributed by atoms with E-state index in [9.17, 15) is 9.90 Å². The van der Waals surface area contributed by atoms with Crippen molar-refractivity contribution in [1.29, 1.82) is 0 Å². The minimum Gasteiger partial charge on any atom is -0.481 e. The first kappa shape index (κ1) is 14.8. The van der Waals surface area contributed by atoms with Gasteiger partial charge in [-0.25, -0.2) is 0 Å². The first-order valence-corrected chi connectivity index (χ1v) is 8.22. The average molecular weight is 267 g/mol. The Balaban J connectivity index is 2.15. The summed E-state index contributed by atoms with van der Waals surface area (Å²) in [5, 5.41) is 9.57. The third kappa shape index (κ3) is 3.71. The van der Waals surface area contributed by atoms with Crippen LogP contribution >= 0.6 is 0 Å². The van der Waals surface area contributed by atoms with Crippen molar-refractivity contribution >= 4 is 5.97 Å². The van der Waals surface area contributed by atoms with Gasteiger partial charge in [0.25, 0.3) is 0 Å². The van der Waals surface area contributed by atoms with E-state index in [1.54, 1.807) is 0 Å². The molecular formula is C16H29NO2. The fourth-order valence-corrected chi connectivity index (χ4v) is 4.05. The van der Waals surface area contributed by atoms with Gasteiger partial charge >= 0.3 is 5.97 Å². The number of hydrogen-bond donors (Lipinski definition) is 1. The van der Waals surface area contributed by atoms with Crippen molar-refractivity contribution in [2.45, 2.75) is 83.2 Å². The Morgan fingerprint density at radius 3 is 2.47 bits per heavy atom. The summed E-state index contributed by atoms with van der Waals surface area (Å²) in [7, 11) is 0. The molecule has 0 bridgehead atoms. The van der Waals surface area contributed by atoms with E-state index in [0.717, 1.165) is 25.8 Å². The van der Waals surface area contributed by atoms with Crippen LogP contribution in [0.25, 0.3) is 0 Å². The minimum absolute atomic E-state index is 0.130. The molecule has 3 unspecified atom stereocenters. The maximum absolute atomic E-state index is 11.6. The van der Waals surface area contributed by atoms with Crippen LogP contribution in [0, 0.1) is 5.92 Å². The van der Waals surface area contributed by atoms with Crippen LogP contribution in [0.5, 0.6) is 0 Å². The first-order valence-electron chi connectivity index (χ1n) is 8.22. The Morgan fingerprint density at radius 2 is 1.74 bits per heavy atom. The van der Waals surface area contributed by atoms with Crippen molar-refractivity contribution in [1.82, 2.24) is 4.90 Å². The van der Waals surface area contributed by atoms with E-state index < -0.39 is 5.97 Å². The van der Waals surface area contributed by atoms with E-state index >= 15 is 0 Å². The quantitative estimate of drug-likeness (QED) is 0.793. The summed E-state index contributed by atoms with van der Waals surface area (Å²) < 4.78 is 0. The van der Waals surface area contributed by atoms with Crippen LogP contribution < -0.4 is 0 Å². The SMILES string of the molecule is CCC1CCCCCN1C1CCCCCC1C(=O)O. The monoisotopic (exact) mass is 267 g/mol. The Bertz CT molecular complexity index is 292. The predicted molar refractivity (Wildman–Crippen MR) is 77.3 cm³/mol. The van der Waals surface area contributed by atoms with Gasteiger partial charge in [-0.1, -0.05) is 39.0 Å². The topological polar surface area (TPSA) is 40.5 Å². The van der Waals surface area contributed by atoms with E-state index in [0.29, 0.717) is 12.1 Å². The lowest BCUT2D eigenvalue weighted by Crippen LogP contribution is -2.48. The van der Waals surface area contributed by atoms with Crippen LogP contribution in [-0.4, -0.2) is 34.6 Å². The summed E-state index contributed by atoms with van der Waals surface area (Å²) in [6.45, 7) is 3.38. The van der Waals surface area contributed by atoms with Crippen LogP contribution in [0.15, 0.2) is 0 Å². The van der Waals surface area contributed by atoms with Gasteiger partial charge in [0.05, 0.1) is 5.92 Å². The molecule has 2 rings (SSSR count). The van der Waals surface area contributed by atoms with Crippen LogP contribution in [0.1, 0.15) is 71.1 Å². The second-order valence-electron chi connectivity index (χ2n) is 6.30. The van der Waals surface area contributed by atoms with Gasteiger partial charge in [-0.05, 0) is 38.6 Å².